The third-order valence-corrected chi connectivity index (χ3v) is 3.09. The molecule has 1 atom stereocenters. The van der Waals surface area contributed by atoms with Gasteiger partial charge in [0, 0.05) is 0 Å². The van der Waals surface area contributed by atoms with Gasteiger partial charge in [-0.05, 0) is 42.3 Å². The maximum atomic E-state index is 12.3. The molecule has 0 saturated carbocycles. The molecule has 0 saturated heterocycles. The van der Waals surface area contributed by atoms with Crippen molar-refractivity contribution in [1.82, 2.24) is 0 Å². The Morgan fingerprint density at radius 3 is 2.60 bits per heavy atom. The molecule has 0 radical (unpaired) electrons. The molecule has 0 aliphatic heterocycles. The number of rotatable bonds is 5. The second kappa shape index (κ2) is 6.27. The zero-order valence-corrected chi connectivity index (χ0v) is 11.6. The molecule has 0 spiro atoms. The van der Waals surface area contributed by atoms with Crippen LogP contribution >= 0.6 is 11.6 Å². The zero-order valence-electron chi connectivity index (χ0n) is 10.8. The normalized spacial score (nSPS) is 11.7. The van der Waals surface area contributed by atoms with Gasteiger partial charge in [0.25, 0.3) is 0 Å². The van der Waals surface area contributed by atoms with Crippen LogP contribution < -0.4 is 4.74 Å². The molecule has 0 aliphatic rings. The molecule has 0 amide bonds. The number of hydrogen-bond donors (Lipinski definition) is 0. The van der Waals surface area contributed by atoms with Gasteiger partial charge < -0.3 is 9.15 Å². The van der Waals surface area contributed by atoms with E-state index in [1.807, 2.05) is 13.0 Å². The molecule has 0 fully saturated rings. The minimum absolute atomic E-state index is 0.00110. The molecule has 0 aliphatic carbocycles. The van der Waals surface area contributed by atoms with Gasteiger partial charge in [-0.2, -0.15) is 5.26 Å². The fraction of sp³-hybridized carbons (Fsp3) is 0.200. The summed E-state index contributed by atoms with van der Waals surface area (Å²) < 4.78 is 10.2. The van der Waals surface area contributed by atoms with Crippen LogP contribution in [0.15, 0.2) is 41.0 Å². The van der Waals surface area contributed by atoms with Crippen LogP contribution in [0.3, 0.4) is 0 Å². The number of furan rings is 1. The molecular weight excluding hydrogens is 278 g/mol. The predicted molar refractivity (Wildman–Crippen MR) is 74.0 cm³/mol. The van der Waals surface area contributed by atoms with Crippen LogP contribution in [0.25, 0.3) is 0 Å². The molecule has 102 valence electrons. The Kier molecular flexibility index (Phi) is 4.44. The second-order valence-electron chi connectivity index (χ2n) is 4.04. The quantitative estimate of drug-likeness (QED) is 0.785. The molecule has 1 aromatic carbocycles. The van der Waals surface area contributed by atoms with Crippen LogP contribution in [0.5, 0.6) is 5.75 Å². The van der Waals surface area contributed by atoms with Crippen molar-refractivity contribution in [2.75, 3.05) is 6.61 Å². The van der Waals surface area contributed by atoms with E-state index in [1.54, 1.807) is 24.3 Å². The highest BCUT2D eigenvalue weighted by Crippen LogP contribution is 2.26. The second-order valence-corrected chi connectivity index (χ2v) is 4.38. The summed E-state index contributed by atoms with van der Waals surface area (Å²) in [6.07, 6.45) is 1.32. The smallest absolute Gasteiger partial charge is 0.203 e. The van der Waals surface area contributed by atoms with E-state index in [0.29, 0.717) is 17.9 Å². The van der Waals surface area contributed by atoms with Crippen molar-refractivity contribution in [3.63, 3.8) is 0 Å². The van der Waals surface area contributed by atoms with Gasteiger partial charge in [0.2, 0.25) is 5.22 Å². The number of nitrogens with zero attached hydrogens (tertiary/aromatic N) is 1. The molecule has 1 unspecified atom stereocenters. The minimum Gasteiger partial charge on any atom is -0.494 e. The average molecular weight is 290 g/mol. The molecular formula is C15H12ClNO3. The largest absolute Gasteiger partial charge is 0.494 e. The number of hydrogen-bond acceptors (Lipinski definition) is 4. The maximum Gasteiger partial charge on any atom is 0.203 e. The highest BCUT2D eigenvalue weighted by Gasteiger charge is 2.25. The summed E-state index contributed by atoms with van der Waals surface area (Å²) in [7, 11) is 0. The monoisotopic (exact) mass is 289 g/mol. The van der Waals surface area contributed by atoms with Crippen LogP contribution in [-0.4, -0.2) is 12.4 Å². The summed E-state index contributed by atoms with van der Waals surface area (Å²) in [5.74, 6) is -0.599. The SMILES string of the molecule is CCOc1ccc(C(C#N)C(=O)c2ccoc2Cl)cc1. The Balaban J connectivity index is 2.27. The molecule has 0 N–H and O–H groups in total. The van der Waals surface area contributed by atoms with E-state index in [2.05, 4.69) is 0 Å². The number of nitriles is 1. The molecule has 4 nitrogen and oxygen atoms in total. The Hall–Kier alpha value is -2.25. The zero-order chi connectivity index (χ0) is 14.5. The summed E-state index contributed by atoms with van der Waals surface area (Å²) in [5, 5.41) is 9.24. The first kappa shape index (κ1) is 14.2. The number of halogens is 1. The Bertz CT molecular complexity index is 640. The number of ketones is 1. The Morgan fingerprint density at radius 1 is 1.40 bits per heavy atom. The van der Waals surface area contributed by atoms with Gasteiger partial charge in [0.05, 0.1) is 24.5 Å². The van der Waals surface area contributed by atoms with E-state index >= 15 is 0 Å². The van der Waals surface area contributed by atoms with Crippen molar-refractivity contribution in [1.29, 1.82) is 5.26 Å². The van der Waals surface area contributed by atoms with Gasteiger partial charge in [0.1, 0.15) is 11.7 Å². The molecule has 1 heterocycles. The number of ether oxygens (including phenoxy) is 1. The van der Waals surface area contributed by atoms with E-state index in [1.165, 1.54) is 12.3 Å². The third kappa shape index (κ3) is 2.84. The van der Waals surface area contributed by atoms with Gasteiger partial charge in [0.15, 0.2) is 5.78 Å². The van der Waals surface area contributed by atoms with Gasteiger partial charge in [-0.3, -0.25) is 4.79 Å². The highest BCUT2D eigenvalue weighted by molar-refractivity contribution is 6.32. The highest BCUT2D eigenvalue weighted by atomic mass is 35.5. The van der Waals surface area contributed by atoms with Crippen LogP contribution in [0.2, 0.25) is 5.22 Å². The first-order valence-corrected chi connectivity index (χ1v) is 6.44. The Morgan fingerprint density at radius 2 is 2.10 bits per heavy atom. The molecule has 1 aromatic heterocycles. The molecule has 2 aromatic rings. The first-order chi connectivity index (χ1) is 9.67. The summed E-state index contributed by atoms with van der Waals surface area (Å²) in [4.78, 5) is 12.3. The number of Topliss-reactive ketones (excluding diaryl/α,β-unsaturated/α-hetero) is 1. The molecule has 2 rings (SSSR count). The average Bonchev–Trinajstić information content (AvgIpc) is 2.88. The molecule has 0 bridgehead atoms. The van der Waals surface area contributed by atoms with E-state index in [-0.39, 0.29) is 16.6 Å². The summed E-state index contributed by atoms with van der Waals surface area (Å²) in [6, 6.07) is 10.3. The lowest BCUT2D eigenvalue weighted by molar-refractivity contribution is 0.0978. The predicted octanol–water partition coefficient (Wildman–Crippen LogP) is 3.82. The van der Waals surface area contributed by atoms with Crippen molar-refractivity contribution < 1.29 is 13.9 Å². The van der Waals surface area contributed by atoms with Gasteiger partial charge in [-0.1, -0.05) is 12.1 Å². The lowest BCUT2D eigenvalue weighted by Gasteiger charge is -2.09. The standard InChI is InChI=1S/C15H12ClNO3/c1-2-19-11-5-3-10(4-6-11)13(9-17)14(18)12-7-8-20-15(12)16/h3-8,13H,2H2,1H3. The summed E-state index contributed by atoms with van der Waals surface area (Å²) >= 11 is 5.77. The van der Waals surface area contributed by atoms with E-state index in [0.717, 1.165) is 0 Å². The van der Waals surface area contributed by atoms with Gasteiger partial charge in [-0.25, -0.2) is 0 Å². The van der Waals surface area contributed by atoms with Crippen LogP contribution in [0.4, 0.5) is 0 Å². The third-order valence-electron chi connectivity index (χ3n) is 2.80. The first-order valence-electron chi connectivity index (χ1n) is 6.07. The molecule has 5 heteroatoms. The van der Waals surface area contributed by atoms with Gasteiger partial charge >= 0.3 is 0 Å². The lowest BCUT2D eigenvalue weighted by Crippen LogP contribution is -2.11. The topological polar surface area (TPSA) is 63.2 Å². The maximum absolute atomic E-state index is 12.3. The van der Waals surface area contributed by atoms with Crippen molar-refractivity contribution in [3.8, 4) is 11.8 Å². The van der Waals surface area contributed by atoms with Crippen LogP contribution in [-0.2, 0) is 0 Å². The summed E-state index contributed by atoms with van der Waals surface area (Å²) in [6.45, 7) is 2.45. The van der Waals surface area contributed by atoms with Crippen molar-refractivity contribution in [2.24, 2.45) is 0 Å². The Labute approximate surface area is 121 Å². The summed E-state index contributed by atoms with van der Waals surface area (Å²) in [5.41, 5.74) is 0.810. The molecule has 20 heavy (non-hydrogen) atoms. The van der Waals surface area contributed by atoms with Crippen molar-refractivity contribution in [3.05, 3.63) is 52.9 Å². The van der Waals surface area contributed by atoms with Crippen molar-refractivity contribution in [2.45, 2.75) is 12.8 Å². The fourth-order valence-corrected chi connectivity index (χ4v) is 2.04. The van der Waals surface area contributed by atoms with Gasteiger partial charge in [-0.15, -0.1) is 0 Å². The minimum atomic E-state index is -0.916. The van der Waals surface area contributed by atoms with E-state index in [9.17, 15) is 10.1 Å². The number of benzene rings is 1. The van der Waals surface area contributed by atoms with E-state index < -0.39 is 5.92 Å². The number of carbonyl (C=O) groups is 1. The van der Waals surface area contributed by atoms with E-state index in [4.69, 9.17) is 20.8 Å². The fourth-order valence-electron chi connectivity index (χ4n) is 1.83. The van der Waals surface area contributed by atoms with Crippen LogP contribution in [0, 0.1) is 11.3 Å². The van der Waals surface area contributed by atoms with Crippen LogP contribution in [0.1, 0.15) is 28.8 Å². The van der Waals surface area contributed by atoms with Crippen molar-refractivity contribution >= 4 is 17.4 Å². The number of carbonyl (C=O) groups excluding carboxylic acids is 1. The lowest BCUT2D eigenvalue weighted by atomic mass is 9.93.